The zero-order valence-electron chi connectivity index (χ0n) is 15.4. The van der Waals surface area contributed by atoms with Gasteiger partial charge in [-0.15, -0.1) is 0 Å². The molecule has 1 atom stereocenters. The van der Waals surface area contributed by atoms with Gasteiger partial charge in [-0.05, 0) is 55.9 Å². The second kappa shape index (κ2) is 6.98. The van der Waals surface area contributed by atoms with E-state index in [2.05, 4.69) is 34.2 Å². The maximum Gasteiger partial charge on any atom is 0.223 e. The maximum absolute atomic E-state index is 12.2. The molecule has 1 unspecified atom stereocenters. The molecule has 1 aromatic heterocycles. The third kappa shape index (κ3) is 3.14. The molecule has 0 spiro atoms. The van der Waals surface area contributed by atoms with Crippen molar-refractivity contribution in [1.82, 2.24) is 14.5 Å². The van der Waals surface area contributed by atoms with Crippen LogP contribution in [0.15, 0.2) is 36.3 Å². The minimum absolute atomic E-state index is 0.284. The molecule has 2 aliphatic rings. The van der Waals surface area contributed by atoms with Crippen LogP contribution in [0.2, 0.25) is 0 Å². The van der Waals surface area contributed by atoms with Gasteiger partial charge in [0.05, 0.1) is 30.9 Å². The van der Waals surface area contributed by atoms with Crippen LogP contribution >= 0.6 is 0 Å². The number of hydrogen-bond donors (Lipinski definition) is 0. The number of carbonyl (C=O) groups excluding carboxylic acids is 1. The number of piperidine rings is 2. The topological polar surface area (TPSA) is 47.4 Å². The number of benzene rings is 1. The first-order chi connectivity index (χ1) is 12.7. The average Bonchev–Trinajstić information content (AvgIpc) is 3.10. The molecule has 3 heterocycles. The quantitative estimate of drug-likeness (QED) is 0.846. The number of fused-ring (bicyclic) bond motifs is 1. The Morgan fingerprint density at radius 1 is 1.27 bits per heavy atom. The van der Waals surface area contributed by atoms with Crippen molar-refractivity contribution in [3.63, 3.8) is 0 Å². The monoisotopic (exact) mass is 351 g/mol. The molecule has 1 aromatic carbocycles. The van der Waals surface area contributed by atoms with Gasteiger partial charge in [-0.1, -0.05) is 12.1 Å². The molecule has 0 N–H and O–H groups in total. The summed E-state index contributed by atoms with van der Waals surface area (Å²) in [5, 5.41) is 0. The first-order valence-corrected chi connectivity index (χ1v) is 9.34. The summed E-state index contributed by atoms with van der Waals surface area (Å²) in [6, 6.07) is 6.54. The molecule has 26 heavy (non-hydrogen) atoms. The molecule has 2 fully saturated rings. The lowest BCUT2D eigenvalue weighted by molar-refractivity contribution is -0.135. The summed E-state index contributed by atoms with van der Waals surface area (Å²) in [5.74, 6) is 1.14. The van der Waals surface area contributed by atoms with E-state index in [4.69, 9.17) is 4.74 Å². The highest BCUT2D eigenvalue weighted by molar-refractivity contribution is 5.80. The molecule has 1 amide bonds. The van der Waals surface area contributed by atoms with E-state index in [1.807, 2.05) is 17.7 Å². The van der Waals surface area contributed by atoms with Gasteiger partial charge in [0.25, 0.3) is 0 Å². The SMILES string of the molecule is COc1cc(C=C2CCC(=O)N3CCCCC23)ccc1-n1cnc(C)c1. The number of aromatic nitrogens is 2. The summed E-state index contributed by atoms with van der Waals surface area (Å²) >= 11 is 0. The number of ether oxygens (including phenoxy) is 1. The summed E-state index contributed by atoms with van der Waals surface area (Å²) in [6.07, 6.45) is 11.0. The number of hydrogen-bond acceptors (Lipinski definition) is 3. The van der Waals surface area contributed by atoms with Crippen molar-refractivity contribution in [2.45, 2.75) is 45.1 Å². The summed E-state index contributed by atoms with van der Waals surface area (Å²) in [5.41, 5.74) is 4.45. The van der Waals surface area contributed by atoms with Crippen LogP contribution in [0.25, 0.3) is 11.8 Å². The van der Waals surface area contributed by atoms with Crippen LogP contribution in [-0.4, -0.2) is 40.1 Å². The van der Waals surface area contributed by atoms with Gasteiger partial charge >= 0.3 is 0 Å². The van der Waals surface area contributed by atoms with Crippen LogP contribution in [-0.2, 0) is 4.79 Å². The predicted molar refractivity (Wildman–Crippen MR) is 101 cm³/mol. The van der Waals surface area contributed by atoms with Crippen molar-refractivity contribution < 1.29 is 9.53 Å². The average molecular weight is 351 g/mol. The van der Waals surface area contributed by atoms with E-state index >= 15 is 0 Å². The first kappa shape index (κ1) is 16.9. The summed E-state index contributed by atoms with van der Waals surface area (Å²) in [4.78, 5) is 18.6. The van der Waals surface area contributed by atoms with E-state index in [1.165, 1.54) is 12.0 Å². The van der Waals surface area contributed by atoms with E-state index in [9.17, 15) is 4.79 Å². The van der Waals surface area contributed by atoms with Crippen molar-refractivity contribution in [2.24, 2.45) is 0 Å². The smallest absolute Gasteiger partial charge is 0.223 e. The minimum Gasteiger partial charge on any atom is -0.495 e. The molecule has 0 saturated carbocycles. The van der Waals surface area contributed by atoms with Crippen molar-refractivity contribution in [3.8, 4) is 11.4 Å². The third-order valence-corrected chi connectivity index (χ3v) is 5.42. The Morgan fingerprint density at radius 2 is 2.15 bits per heavy atom. The number of aryl methyl sites for hydroxylation is 1. The molecule has 0 bridgehead atoms. The fraction of sp³-hybridized carbons (Fsp3) is 0.429. The number of nitrogens with zero attached hydrogens (tertiary/aromatic N) is 3. The molecule has 2 saturated heterocycles. The third-order valence-electron chi connectivity index (χ3n) is 5.42. The molecule has 136 valence electrons. The second-order valence-corrected chi connectivity index (χ2v) is 7.17. The predicted octanol–water partition coefficient (Wildman–Crippen LogP) is 3.75. The second-order valence-electron chi connectivity index (χ2n) is 7.17. The number of imidazole rings is 1. The van der Waals surface area contributed by atoms with Crippen molar-refractivity contribution in [1.29, 1.82) is 0 Å². The van der Waals surface area contributed by atoms with E-state index in [1.54, 1.807) is 13.4 Å². The van der Waals surface area contributed by atoms with Gasteiger partial charge in [-0.25, -0.2) is 4.98 Å². The fourth-order valence-corrected chi connectivity index (χ4v) is 4.11. The van der Waals surface area contributed by atoms with E-state index in [0.717, 1.165) is 48.5 Å². The van der Waals surface area contributed by atoms with Crippen LogP contribution in [0.3, 0.4) is 0 Å². The molecule has 5 nitrogen and oxygen atoms in total. The van der Waals surface area contributed by atoms with Gasteiger partial charge in [-0.3, -0.25) is 4.79 Å². The maximum atomic E-state index is 12.2. The summed E-state index contributed by atoms with van der Waals surface area (Å²) in [7, 11) is 1.70. The molecular formula is C21H25N3O2. The van der Waals surface area contributed by atoms with Gasteiger partial charge in [0.15, 0.2) is 0 Å². The zero-order chi connectivity index (χ0) is 18.1. The van der Waals surface area contributed by atoms with Crippen LogP contribution < -0.4 is 4.74 Å². The molecule has 4 rings (SSSR count). The minimum atomic E-state index is 0.284. The summed E-state index contributed by atoms with van der Waals surface area (Å²) in [6.45, 7) is 2.88. The van der Waals surface area contributed by atoms with Gasteiger partial charge in [0.2, 0.25) is 5.91 Å². The molecule has 2 aliphatic heterocycles. The van der Waals surface area contributed by atoms with Gasteiger partial charge in [0, 0.05) is 19.2 Å². The Kier molecular flexibility index (Phi) is 4.53. The number of rotatable bonds is 3. The number of amides is 1. The van der Waals surface area contributed by atoms with E-state index in [0.29, 0.717) is 12.3 Å². The largest absolute Gasteiger partial charge is 0.495 e. The normalized spacial score (nSPS) is 21.8. The number of carbonyl (C=O) groups is 1. The first-order valence-electron chi connectivity index (χ1n) is 9.34. The highest BCUT2D eigenvalue weighted by Crippen LogP contribution is 2.33. The number of methoxy groups -OCH3 is 1. The van der Waals surface area contributed by atoms with Crippen LogP contribution in [0, 0.1) is 6.92 Å². The Bertz CT molecular complexity index is 853. The molecule has 5 heteroatoms. The standard InChI is InChI=1S/C21H25N3O2/c1-15-13-23(14-22-15)19-8-6-16(12-20(19)26-2)11-17-7-9-21(25)24-10-4-3-5-18(17)24/h6,8,11-14,18H,3-5,7,9-10H2,1-2H3. The van der Waals surface area contributed by atoms with Gasteiger partial charge < -0.3 is 14.2 Å². The van der Waals surface area contributed by atoms with Crippen molar-refractivity contribution >= 4 is 12.0 Å². The van der Waals surface area contributed by atoms with Crippen molar-refractivity contribution in [3.05, 3.63) is 47.6 Å². The van der Waals surface area contributed by atoms with Crippen molar-refractivity contribution in [2.75, 3.05) is 13.7 Å². The van der Waals surface area contributed by atoms with Crippen LogP contribution in [0.4, 0.5) is 0 Å². The Morgan fingerprint density at radius 3 is 2.92 bits per heavy atom. The summed E-state index contributed by atoms with van der Waals surface area (Å²) < 4.78 is 7.60. The molecule has 0 radical (unpaired) electrons. The molecule has 2 aromatic rings. The Balaban J connectivity index is 1.65. The lowest BCUT2D eigenvalue weighted by atomic mass is 9.87. The Hall–Kier alpha value is -2.56. The van der Waals surface area contributed by atoms with E-state index in [-0.39, 0.29) is 6.04 Å². The van der Waals surface area contributed by atoms with Crippen LogP contribution in [0.5, 0.6) is 5.75 Å². The highest BCUT2D eigenvalue weighted by Gasteiger charge is 2.33. The molecule has 0 aliphatic carbocycles. The lowest BCUT2D eigenvalue weighted by Gasteiger charge is -2.41. The zero-order valence-corrected chi connectivity index (χ0v) is 15.4. The fourth-order valence-electron chi connectivity index (χ4n) is 4.11. The Labute approximate surface area is 154 Å². The van der Waals surface area contributed by atoms with Gasteiger partial charge in [0.1, 0.15) is 5.75 Å². The highest BCUT2D eigenvalue weighted by atomic mass is 16.5. The lowest BCUT2D eigenvalue weighted by Crippen LogP contribution is -2.47. The van der Waals surface area contributed by atoms with E-state index < -0.39 is 0 Å². The molecular weight excluding hydrogens is 326 g/mol. The van der Waals surface area contributed by atoms with Crippen LogP contribution in [0.1, 0.15) is 43.4 Å². The van der Waals surface area contributed by atoms with Gasteiger partial charge in [-0.2, -0.15) is 0 Å².